The lowest BCUT2D eigenvalue weighted by Crippen LogP contribution is -2.34. The third-order valence-electron chi connectivity index (χ3n) is 1.30. The number of rotatable bonds is 1. The molecule has 0 bridgehead atoms. The van der Waals surface area contributed by atoms with Crippen molar-refractivity contribution in [1.82, 2.24) is 7.99 Å². The maximum Gasteiger partial charge on any atom is 0.459 e. The van der Waals surface area contributed by atoms with Crippen LogP contribution in [0.5, 0.6) is 0 Å². The lowest BCUT2D eigenvalue weighted by atomic mass is 10.2. The summed E-state index contributed by atoms with van der Waals surface area (Å²) in [6, 6.07) is 0. The fraction of sp³-hybridized carbons (Fsp3) is 0.400. The molecule has 80 valence electrons. The van der Waals surface area contributed by atoms with Crippen molar-refractivity contribution in [2.24, 2.45) is 0 Å². The van der Waals surface area contributed by atoms with Gasteiger partial charge in [0.2, 0.25) is 0 Å². The summed E-state index contributed by atoms with van der Waals surface area (Å²) in [5, 5.41) is 2.23. The minimum atomic E-state index is -5.69. The zero-order chi connectivity index (χ0) is 11.1. The molecule has 14 heavy (non-hydrogen) atoms. The molecule has 0 aromatic carbocycles. The number of hydrogen-bond donors (Lipinski definition) is 0. The van der Waals surface area contributed by atoms with E-state index in [0.29, 0.717) is 0 Å². The first-order valence-corrected chi connectivity index (χ1v) is 4.37. The van der Waals surface area contributed by atoms with E-state index < -0.39 is 22.8 Å². The highest BCUT2D eigenvalue weighted by Crippen LogP contribution is 2.45. The summed E-state index contributed by atoms with van der Waals surface area (Å²) in [6.45, 7) is 0. The smallest absolute Gasteiger partial charge is 0.210 e. The van der Waals surface area contributed by atoms with Crippen LogP contribution >= 0.6 is 34.5 Å². The molecule has 1 heterocycles. The second-order valence-electron chi connectivity index (χ2n) is 2.29. The third kappa shape index (κ3) is 1.95. The maximum atomic E-state index is 12.6. The Morgan fingerprint density at radius 3 is 2.07 bits per heavy atom. The summed E-state index contributed by atoms with van der Waals surface area (Å²) in [4.78, 5) is 0. The van der Waals surface area contributed by atoms with Crippen LogP contribution in [0.15, 0.2) is 6.20 Å². The highest BCUT2D eigenvalue weighted by atomic mass is 127. The lowest BCUT2D eigenvalue weighted by molar-refractivity contribution is -0.290. The van der Waals surface area contributed by atoms with Crippen molar-refractivity contribution >= 4 is 34.5 Å². The van der Waals surface area contributed by atoms with Gasteiger partial charge in [0.15, 0.2) is 5.69 Å². The molecule has 0 fully saturated rings. The molecule has 2 nitrogen and oxygen atoms in total. The van der Waals surface area contributed by atoms with Gasteiger partial charge in [-0.2, -0.15) is 27.1 Å². The van der Waals surface area contributed by atoms with Gasteiger partial charge in [-0.1, -0.05) is 11.6 Å². The predicted molar refractivity (Wildman–Crippen MR) is 46.6 cm³/mol. The van der Waals surface area contributed by atoms with E-state index in [1.54, 1.807) is 0 Å². The quantitative estimate of drug-likeness (QED) is 0.563. The predicted octanol–water partition coefficient (Wildman–Crippen LogP) is 3.39. The van der Waals surface area contributed by atoms with Crippen LogP contribution in [0.3, 0.4) is 0 Å². The molecule has 0 aliphatic heterocycles. The van der Waals surface area contributed by atoms with Gasteiger partial charge in [-0.25, -0.2) is 2.90 Å². The van der Waals surface area contributed by atoms with Crippen LogP contribution in [0.4, 0.5) is 22.0 Å². The molecule has 9 heteroatoms. The largest absolute Gasteiger partial charge is 0.459 e. The van der Waals surface area contributed by atoms with Gasteiger partial charge in [-0.3, -0.25) is 0 Å². The van der Waals surface area contributed by atoms with E-state index in [1.807, 2.05) is 0 Å². The Hall–Kier alpha value is -0.120. The molecule has 0 spiro atoms. The Kier molecular flexibility index (Phi) is 2.96. The van der Waals surface area contributed by atoms with E-state index in [0.717, 1.165) is 9.09 Å². The van der Waals surface area contributed by atoms with Gasteiger partial charge in [0, 0.05) is 0 Å². The normalized spacial score (nSPS) is 13.4. The monoisotopic (exact) mass is 346 g/mol. The molecule has 1 aromatic heterocycles. The molecular formula is C5HClF5IN2. The van der Waals surface area contributed by atoms with Crippen molar-refractivity contribution in [2.45, 2.75) is 12.1 Å². The Morgan fingerprint density at radius 1 is 1.29 bits per heavy atom. The van der Waals surface area contributed by atoms with Crippen molar-refractivity contribution in [1.29, 1.82) is 0 Å². The molecule has 0 unspecified atom stereocenters. The SMILES string of the molecule is FC(F)(F)C(F)(F)c1nn(I)cc1Cl. The first-order valence-electron chi connectivity index (χ1n) is 3.02. The molecule has 0 saturated carbocycles. The standard InChI is InChI=1S/C5HClF5IN2/c6-2-1-14(12)13-3(2)4(7,8)5(9,10)11/h1H. The second kappa shape index (κ2) is 3.47. The minimum absolute atomic E-state index is 0.721. The highest BCUT2D eigenvalue weighted by Gasteiger charge is 2.61. The van der Waals surface area contributed by atoms with Crippen LogP contribution in [0.25, 0.3) is 0 Å². The van der Waals surface area contributed by atoms with E-state index in [1.165, 1.54) is 22.9 Å². The topological polar surface area (TPSA) is 17.8 Å². The lowest BCUT2D eigenvalue weighted by Gasteiger charge is -2.17. The molecule has 0 amide bonds. The summed E-state index contributed by atoms with van der Waals surface area (Å²) in [7, 11) is 0. The zero-order valence-corrected chi connectivity index (χ0v) is 9.03. The van der Waals surface area contributed by atoms with Gasteiger partial charge < -0.3 is 0 Å². The molecule has 0 aliphatic carbocycles. The van der Waals surface area contributed by atoms with Crippen LogP contribution in [-0.2, 0) is 5.92 Å². The molecular weight excluding hydrogens is 345 g/mol. The fourth-order valence-electron chi connectivity index (χ4n) is 0.674. The number of halogens is 7. The van der Waals surface area contributed by atoms with Crippen molar-refractivity contribution in [3.8, 4) is 0 Å². The van der Waals surface area contributed by atoms with Crippen LogP contribution in [0.2, 0.25) is 5.02 Å². The van der Waals surface area contributed by atoms with Crippen LogP contribution in [0, 0.1) is 0 Å². The number of nitrogens with zero attached hydrogens (tertiary/aromatic N) is 2. The van der Waals surface area contributed by atoms with Crippen LogP contribution in [0.1, 0.15) is 5.69 Å². The second-order valence-corrected chi connectivity index (χ2v) is 3.68. The summed E-state index contributed by atoms with van der Waals surface area (Å²) in [6.07, 6.45) is -4.83. The molecule has 1 aromatic rings. The van der Waals surface area contributed by atoms with E-state index in [-0.39, 0.29) is 0 Å². The molecule has 1 rings (SSSR count). The van der Waals surface area contributed by atoms with Crippen LogP contribution in [-0.4, -0.2) is 14.2 Å². The summed E-state index contributed by atoms with van der Waals surface area (Å²) >= 11 is 6.58. The summed E-state index contributed by atoms with van der Waals surface area (Å²) in [5.41, 5.74) is -1.49. The van der Waals surface area contributed by atoms with Gasteiger partial charge in [0.1, 0.15) is 0 Å². The van der Waals surface area contributed by atoms with Crippen molar-refractivity contribution in [2.75, 3.05) is 0 Å². The average Bonchev–Trinajstić information content (AvgIpc) is 2.27. The van der Waals surface area contributed by atoms with Gasteiger partial charge in [-0.15, -0.1) is 0 Å². The van der Waals surface area contributed by atoms with Crippen LogP contribution < -0.4 is 0 Å². The van der Waals surface area contributed by atoms with Crippen molar-refractivity contribution < 1.29 is 22.0 Å². The molecule has 0 saturated heterocycles. The third-order valence-corrected chi connectivity index (χ3v) is 2.07. The van der Waals surface area contributed by atoms with E-state index in [2.05, 4.69) is 5.10 Å². The number of aromatic nitrogens is 2. The Labute approximate surface area is 93.5 Å². The molecule has 0 radical (unpaired) electrons. The van der Waals surface area contributed by atoms with Gasteiger partial charge in [0.25, 0.3) is 0 Å². The van der Waals surface area contributed by atoms with Crippen molar-refractivity contribution in [3.05, 3.63) is 16.9 Å². The highest BCUT2D eigenvalue weighted by molar-refractivity contribution is 14.1. The Bertz CT molecular complexity index is 346. The van der Waals surface area contributed by atoms with E-state index >= 15 is 0 Å². The van der Waals surface area contributed by atoms with Gasteiger partial charge >= 0.3 is 12.1 Å². The Morgan fingerprint density at radius 2 is 1.79 bits per heavy atom. The first kappa shape index (κ1) is 12.0. The maximum absolute atomic E-state index is 12.6. The average molecular weight is 346 g/mol. The summed E-state index contributed by atoms with van der Waals surface area (Å²) < 4.78 is 61.6. The summed E-state index contributed by atoms with van der Waals surface area (Å²) in [5.74, 6) is -5.03. The molecule has 0 aliphatic rings. The Balaban J connectivity index is 3.22. The minimum Gasteiger partial charge on any atom is -0.210 e. The number of hydrogen-bond acceptors (Lipinski definition) is 1. The van der Waals surface area contributed by atoms with Gasteiger partial charge in [0.05, 0.1) is 34.1 Å². The van der Waals surface area contributed by atoms with E-state index in [9.17, 15) is 22.0 Å². The van der Waals surface area contributed by atoms with Crippen molar-refractivity contribution in [3.63, 3.8) is 0 Å². The molecule has 0 atom stereocenters. The zero-order valence-electron chi connectivity index (χ0n) is 6.12. The molecule has 0 N–H and O–H groups in total. The number of alkyl halides is 5. The van der Waals surface area contributed by atoms with Gasteiger partial charge in [-0.05, 0) is 0 Å². The first-order chi connectivity index (χ1) is 6.16. The van der Waals surface area contributed by atoms with E-state index in [4.69, 9.17) is 11.6 Å². The fourth-order valence-corrected chi connectivity index (χ4v) is 1.58.